The molecule has 1 aromatic rings. The fraction of sp³-hybridized carbons (Fsp3) is 0.625. The summed E-state index contributed by atoms with van der Waals surface area (Å²) in [6.45, 7) is 1.79. The highest BCUT2D eigenvalue weighted by Crippen LogP contribution is 2.28. The first-order valence-electron chi connectivity index (χ1n) is 7.67. The third-order valence-electron chi connectivity index (χ3n) is 4.05. The number of benzene rings is 1. The Kier molecular flexibility index (Phi) is 8.64. The lowest BCUT2D eigenvalue weighted by Gasteiger charge is -2.22. The minimum Gasteiger partial charge on any atom is -0.493 e. The van der Waals surface area contributed by atoms with E-state index in [1.54, 1.807) is 0 Å². The molecule has 1 N–H and O–H groups in total. The Morgan fingerprint density at radius 2 is 2.05 bits per heavy atom. The zero-order valence-electron chi connectivity index (χ0n) is 12.2. The van der Waals surface area contributed by atoms with Gasteiger partial charge in [-0.2, -0.15) is 0 Å². The lowest BCUT2D eigenvalue weighted by Crippen LogP contribution is -2.15. The van der Waals surface area contributed by atoms with Crippen molar-refractivity contribution in [3.05, 3.63) is 29.8 Å². The first-order chi connectivity index (χ1) is 10.3. The van der Waals surface area contributed by atoms with Gasteiger partial charge in [0.15, 0.2) is 0 Å². The molecule has 3 nitrogen and oxygen atoms in total. The second kappa shape index (κ2) is 10.2. The standard InChI is InChI=1S/C16H23I2NO2/c17-19-10-9-16(21-18)14-7-4-8-15(11-14)20-12-13-5-2-1-3-6-13/h4,7-8,11,13,16,19H,1-3,5-6,9-10,12H2/t16-/m1/s1. The number of hydrogen-bond acceptors (Lipinski definition) is 3. The van der Waals surface area contributed by atoms with Gasteiger partial charge in [0, 0.05) is 29.4 Å². The van der Waals surface area contributed by atoms with Gasteiger partial charge in [0.2, 0.25) is 0 Å². The topological polar surface area (TPSA) is 30.5 Å². The lowest BCUT2D eigenvalue weighted by atomic mass is 9.90. The van der Waals surface area contributed by atoms with Gasteiger partial charge in [-0.05, 0) is 42.9 Å². The van der Waals surface area contributed by atoms with Crippen LogP contribution >= 0.6 is 45.9 Å². The second-order valence-corrected chi connectivity index (χ2v) is 6.91. The number of halogens is 2. The average Bonchev–Trinajstić information content (AvgIpc) is 2.55. The predicted octanol–water partition coefficient (Wildman–Crippen LogP) is 5.38. The van der Waals surface area contributed by atoms with E-state index < -0.39 is 0 Å². The molecule has 1 aliphatic rings. The maximum Gasteiger partial charge on any atom is 0.119 e. The van der Waals surface area contributed by atoms with Crippen molar-refractivity contribution in [1.82, 2.24) is 3.53 Å². The molecule has 1 aromatic carbocycles. The Labute approximate surface area is 155 Å². The van der Waals surface area contributed by atoms with E-state index in [2.05, 4.69) is 44.6 Å². The molecule has 0 spiro atoms. The molecule has 0 amide bonds. The monoisotopic (exact) mass is 515 g/mol. The zero-order chi connectivity index (χ0) is 14.9. The highest BCUT2D eigenvalue weighted by molar-refractivity contribution is 14.1. The van der Waals surface area contributed by atoms with Crippen molar-refractivity contribution in [2.75, 3.05) is 13.2 Å². The number of ether oxygens (including phenoxy) is 1. The minimum absolute atomic E-state index is 0.117. The quantitative estimate of drug-likeness (QED) is 0.373. The number of rotatable bonds is 8. The zero-order valence-corrected chi connectivity index (χ0v) is 16.5. The molecule has 0 saturated heterocycles. The third-order valence-corrected chi connectivity index (χ3v) is 5.20. The van der Waals surface area contributed by atoms with Gasteiger partial charge in [0.1, 0.15) is 28.8 Å². The lowest BCUT2D eigenvalue weighted by molar-refractivity contribution is 0.208. The molecule has 1 saturated carbocycles. The summed E-state index contributed by atoms with van der Waals surface area (Å²) in [6, 6.07) is 8.35. The van der Waals surface area contributed by atoms with Crippen molar-refractivity contribution in [1.29, 1.82) is 0 Å². The average molecular weight is 515 g/mol. The molecule has 0 radical (unpaired) electrons. The molecule has 21 heavy (non-hydrogen) atoms. The summed E-state index contributed by atoms with van der Waals surface area (Å²) in [5.74, 6) is 1.71. The molecule has 1 aliphatic carbocycles. The second-order valence-electron chi connectivity index (χ2n) is 5.64. The summed E-state index contributed by atoms with van der Waals surface area (Å²) in [5, 5.41) is 0. The minimum atomic E-state index is 0.117. The first kappa shape index (κ1) is 17.7. The van der Waals surface area contributed by atoms with Crippen molar-refractivity contribution in [2.45, 2.75) is 44.6 Å². The van der Waals surface area contributed by atoms with Crippen molar-refractivity contribution >= 4 is 45.9 Å². The molecule has 1 atom stereocenters. The molecule has 118 valence electrons. The van der Waals surface area contributed by atoms with Crippen LogP contribution in [0.2, 0.25) is 0 Å². The highest BCUT2D eigenvalue weighted by Gasteiger charge is 2.15. The van der Waals surface area contributed by atoms with Crippen LogP contribution in [0.15, 0.2) is 24.3 Å². The van der Waals surface area contributed by atoms with Crippen LogP contribution in [0, 0.1) is 5.92 Å². The molecule has 0 heterocycles. The van der Waals surface area contributed by atoms with E-state index in [4.69, 9.17) is 7.80 Å². The van der Waals surface area contributed by atoms with Crippen LogP contribution < -0.4 is 8.27 Å². The van der Waals surface area contributed by atoms with E-state index in [0.29, 0.717) is 0 Å². The van der Waals surface area contributed by atoms with Crippen molar-refractivity contribution in [3.8, 4) is 5.75 Å². The van der Waals surface area contributed by atoms with Crippen LogP contribution in [0.3, 0.4) is 0 Å². The molecular weight excluding hydrogens is 492 g/mol. The molecule has 0 unspecified atom stereocenters. The van der Waals surface area contributed by atoms with Crippen LogP contribution in [0.1, 0.15) is 50.2 Å². The summed E-state index contributed by atoms with van der Waals surface area (Å²) in [5.41, 5.74) is 1.19. The van der Waals surface area contributed by atoms with Crippen molar-refractivity contribution in [3.63, 3.8) is 0 Å². The summed E-state index contributed by atoms with van der Waals surface area (Å²) in [6.07, 6.45) is 7.83. The van der Waals surface area contributed by atoms with Gasteiger partial charge in [-0.3, -0.25) is 3.53 Å². The Hall–Kier alpha value is 0.400. The summed E-state index contributed by atoms with van der Waals surface area (Å²) in [4.78, 5) is 0. The molecule has 0 aromatic heterocycles. The maximum atomic E-state index is 6.01. The van der Waals surface area contributed by atoms with Crippen LogP contribution in [0.5, 0.6) is 5.75 Å². The predicted molar refractivity (Wildman–Crippen MR) is 103 cm³/mol. The van der Waals surface area contributed by atoms with Crippen LogP contribution in [0.4, 0.5) is 0 Å². The van der Waals surface area contributed by atoms with Crippen molar-refractivity contribution in [2.24, 2.45) is 5.92 Å². The van der Waals surface area contributed by atoms with E-state index in [-0.39, 0.29) is 6.10 Å². The van der Waals surface area contributed by atoms with Gasteiger partial charge in [-0.15, -0.1) is 0 Å². The molecule has 5 heteroatoms. The largest absolute Gasteiger partial charge is 0.493 e. The normalized spacial score (nSPS) is 17.6. The third kappa shape index (κ3) is 6.19. The van der Waals surface area contributed by atoms with Crippen molar-refractivity contribution < 1.29 is 7.80 Å². The summed E-state index contributed by atoms with van der Waals surface area (Å²) >= 11 is 4.16. The van der Waals surface area contributed by atoms with Gasteiger partial charge in [0.25, 0.3) is 0 Å². The van der Waals surface area contributed by atoms with E-state index in [9.17, 15) is 0 Å². The van der Waals surface area contributed by atoms with Crippen LogP contribution in [-0.2, 0) is 3.07 Å². The molecule has 2 rings (SSSR count). The Morgan fingerprint density at radius 1 is 1.24 bits per heavy atom. The SMILES string of the molecule is INCC[C@@H](OI)c1cccc(OCC2CCCCC2)c1. The van der Waals surface area contributed by atoms with Crippen LogP contribution in [-0.4, -0.2) is 13.2 Å². The Balaban J connectivity index is 1.89. The fourth-order valence-corrected chi connectivity index (χ4v) is 3.68. The highest BCUT2D eigenvalue weighted by atomic mass is 127. The molecule has 0 aliphatic heterocycles. The number of nitrogens with one attached hydrogen (secondary N) is 1. The summed E-state index contributed by atoms with van der Waals surface area (Å²) in [7, 11) is 0. The summed E-state index contributed by atoms with van der Waals surface area (Å²) < 4.78 is 14.7. The first-order valence-corrected chi connectivity index (χ1v) is 9.63. The van der Waals surface area contributed by atoms with E-state index in [1.807, 2.05) is 29.1 Å². The van der Waals surface area contributed by atoms with Gasteiger partial charge in [-0.1, -0.05) is 31.4 Å². The van der Waals surface area contributed by atoms with Gasteiger partial charge >= 0.3 is 0 Å². The van der Waals surface area contributed by atoms with E-state index >= 15 is 0 Å². The van der Waals surface area contributed by atoms with Gasteiger partial charge < -0.3 is 7.80 Å². The van der Waals surface area contributed by atoms with Crippen LogP contribution in [0.25, 0.3) is 0 Å². The van der Waals surface area contributed by atoms with E-state index in [1.165, 1.54) is 37.7 Å². The van der Waals surface area contributed by atoms with Gasteiger partial charge in [0.05, 0.1) is 12.7 Å². The number of hydrogen-bond donors (Lipinski definition) is 1. The molecular formula is C16H23I2NO2. The van der Waals surface area contributed by atoms with E-state index in [0.717, 1.165) is 31.2 Å². The maximum absolute atomic E-state index is 6.01. The smallest absolute Gasteiger partial charge is 0.119 e. The van der Waals surface area contributed by atoms with Gasteiger partial charge in [-0.25, -0.2) is 0 Å². The molecule has 0 bridgehead atoms. The molecule has 1 fully saturated rings. The Bertz CT molecular complexity index is 411. The Morgan fingerprint density at radius 3 is 2.76 bits per heavy atom. The fourth-order valence-electron chi connectivity index (χ4n) is 2.82.